The standard InChI is InChI=1S/C31H48BrFO3Si/c1-22(34)35-30-21-28(33)26(27(30)15-9-7-8-12-18-32)16-17-29(36-37(5,6)31(2,3)4)25-19-23-13-10-11-14-24(23)20-25/h7,9-11,13-14,25-30H,8,12,15-21H2,1-6H3/b9-7+. The molecule has 0 spiro atoms. The number of carbonyl (C=O) groups excluding carboxylic acids is 1. The fraction of sp³-hybridized carbons (Fsp3) is 0.710. The second kappa shape index (κ2) is 13.4. The third kappa shape index (κ3) is 8.25. The van der Waals surface area contributed by atoms with Gasteiger partial charge in [-0.3, -0.25) is 4.79 Å². The van der Waals surface area contributed by atoms with Crippen LogP contribution < -0.4 is 0 Å². The zero-order valence-electron chi connectivity index (χ0n) is 23.8. The molecule has 1 aromatic carbocycles. The minimum absolute atomic E-state index is 0.0217. The predicted molar refractivity (Wildman–Crippen MR) is 157 cm³/mol. The molecule has 37 heavy (non-hydrogen) atoms. The topological polar surface area (TPSA) is 35.5 Å². The SMILES string of the molecule is CC(=O)OC1CC(F)C(CCC(O[Si](C)(C)C(C)(C)C)C2Cc3ccccc3C2)C1C/C=C/CCCBr. The minimum atomic E-state index is -2.00. The number of rotatable bonds is 12. The van der Waals surface area contributed by atoms with Gasteiger partial charge in [0.05, 0.1) is 0 Å². The molecule has 5 atom stereocenters. The molecule has 0 amide bonds. The summed E-state index contributed by atoms with van der Waals surface area (Å²) in [5.41, 5.74) is 2.86. The van der Waals surface area contributed by atoms with E-state index in [1.54, 1.807) is 0 Å². The monoisotopic (exact) mass is 594 g/mol. The number of unbranched alkanes of at least 4 members (excludes halogenated alkanes) is 1. The lowest BCUT2D eigenvalue weighted by atomic mass is 9.84. The van der Waals surface area contributed by atoms with Gasteiger partial charge >= 0.3 is 5.97 Å². The van der Waals surface area contributed by atoms with Gasteiger partial charge in [-0.1, -0.05) is 73.1 Å². The van der Waals surface area contributed by atoms with E-state index in [1.165, 1.54) is 18.1 Å². The van der Waals surface area contributed by atoms with E-state index in [0.717, 1.165) is 50.3 Å². The van der Waals surface area contributed by atoms with E-state index in [2.05, 4.69) is 86.2 Å². The molecular weight excluding hydrogens is 547 g/mol. The first-order valence-corrected chi connectivity index (χ1v) is 18.2. The van der Waals surface area contributed by atoms with Gasteiger partial charge in [-0.15, -0.1) is 0 Å². The van der Waals surface area contributed by atoms with Crippen molar-refractivity contribution in [1.82, 2.24) is 0 Å². The van der Waals surface area contributed by atoms with Crippen LogP contribution >= 0.6 is 15.9 Å². The lowest BCUT2D eigenvalue weighted by Crippen LogP contribution is -2.46. The summed E-state index contributed by atoms with van der Waals surface area (Å²) < 4.78 is 28.2. The normalized spacial score (nSPS) is 25.5. The van der Waals surface area contributed by atoms with Crippen LogP contribution in [-0.4, -0.2) is 38.0 Å². The summed E-state index contributed by atoms with van der Waals surface area (Å²) in [7, 11) is -2.00. The molecular formula is C31H48BrFO3Si. The first-order chi connectivity index (χ1) is 17.4. The Bertz CT molecular complexity index is 887. The van der Waals surface area contributed by atoms with E-state index < -0.39 is 14.5 Å². The molecule has 0 radical (unpaired) electrons. The summed E-state index contributed by atoms with van der Waals surface area (Å²) in [6, 6.07) is 8.74. The number of ether oxygens (including phenoxy) is 1. The first kappa shape index (κ1) is 30.6. The smallest absolute Gasteiger partial charge is 0.302 e. The molecule has 0 bridgehead atoms. The Morgan fingerprint density at radius 1 is 1.16 bits per heavy atom. The zero-order valence-corrected chi connectivity index (χ0v) is 26.4. The highest BCUT2D eigenvalue weighted by Gasteiger charge is 2.46. The molecule has 3 nitrogen and oxygen atoms in total. The third-order valence-corrected chi connectivity index (χ3v) is 14.1. The molecule has 5 unspecified atom stereocenters. The van der Waals surface area contributed by atoms with Gasteiger partial charge in [0.1, 0.15) is 12.3 Å². The molecule has 0 aliphatic heterocycles. The van der Waals surface area contributed by atoms with Crippen LogP contribution in [0.5, 0.6) is 0 Å². The van der Waals surface area contributed by atoms with E-state index in [4.69, 9.17) is 9.16 Å². The number of benzene rings is 1. The van der Waals surface area contributed by atoms with Crippen molar-refractivity contribution >= 4 is 30.2 Å². The quantitative estimate of drug-likeness (QED) is 0.0798. The van der Waals surface area contributed by atoms with E-state index in [9.17, 15) is 4.79 Å². The number of allylic oxidation sites excluding steroid dienone is 2. The Hall–Kier alpha value is -0.983. The van der Waals surface area contributed by atoms with Crippen molar-refractivity contribution in [3.8, 4) is 0 Å². The Labute approximate surface area is 234 Å². The lowest BCUT2D eigenvalue weighted by Gasteiger charge is -2.41. The predicted octanol–water partition coefficient (Wildman–Crippen LogP) is 8.60. The third-order valence-electron chi connectivity index (χ3n) is 8.99. The Morgan fingerprint density at radius 3 is 2.38 bits per heavy atom. The van der Waals surface area contributed by atoms with Crippen molar-refractivity contribution in [1.29, 1.82) is 0 Å². The van der Waals surface area contributed by atoms with Gasteiger partial charge in [0.15, 0.2) is 8.32 Å². The van der Waals surface area contributed by atoms with E-state index in [-0.39, 0.29) is 35.1 Å². The molecule has 0 N–H and O–H groups in total. The molecule has 0 heterocycles. The summed E-state index contributed by atoms with van der Waals surface area (Å²) in [6.45, 7) is 13.0. The number of hydrogen-bond donors (Lipinski definition) is 0. The first-order valence-electron chi connectivity index (χ1n) is 14.2. The van der Waals surface area contributed by atoms with E-state index in [0.29, 0.717) is 12.3 Å². The Kier molecular flexibility index (Phi) is 11.1. The maximum atomic E-state index is 15.5. The molecule has 1 fully saturated rings. The maximum absolute atomic E-state index is 15.5. The van der Waals surface area contributed by atoms with Crippen molar-refractivity contribution in [2.75, 3.05) is 5.33 Å². The number of carbonyl (C=O) groups is 1. The molecule has 208 valence electrons. The van der Waals surface area contributed by atoms with Crippen molar-refractivity contribution in [2.45, 2.75) is 116 Å². The summed E-state index contributed by atoms with van der Waals surface area (Å²) in [4.78, 5) is 11.8. The number of esters is 1. The number of fused-ring (bicyclic) bond motifs is 1. The highest BCUT2D eigenvalue weighted by Crippen LogP contribution is 2.45. The van der Waals surface area contributed by atoms with Gasteiger partial charge in [0.2, 0.25) is 0 Å². The fourth-order valence-corrected chi connectivity index (χ4v) is 7.65. The molecule has 0 saturated heterocycles. The highest BCUT2D eigenvalue weighted by atomic mass is 79.9. The molecule has 3 rings (SSSR count). The molecule has 2 aliphatic carbocycles. The van der Waals surface area contributed by atoms with Gasteiger partial charge in [-0.05, 0) is 86.0 Å². The summed E-state index contributed by atoms with van der Waals surface area (Å²) in [5, 5.41) is 1.10. The van der Waals surface area contributed by atoms with E-state index >= 15 is 4.39 Å². The number of alkyl halides is 2. The van der Waals surface area contributed by atoms with Crippen LogP contribution in [0.25, 0.3) is 0 Å². The van der Waals surface area contributed by atoms with Crippen LogP contribution in [0.4, 0.5) is 4.39 Å². The van der Waals surface area contributed by atoms with E-state index in [1.807, 2.05) is 0 Å². The maximum Gasteiger partial charge on any atom is 0.302 e. The Morgan fingerprint density at radius 2 is 1.81 bits per heavy atom. The molecule has 0 aromatic heterocycles. The van der Waals surface area contributed by atoms with Crippen LogP contribution in [0.1, 0.15) is 77.3 Å². The molecule has 2 aliphatic rings. The average Bonchev–Trinajstić information content (AvgIpc) is 3.36. The van der Waals surface area contributed by atoms with Gasteiger partial charge < -0.3 is 9.16 Å². The second-order valence-electron chi connectivity index (χ2n) is 12.7. The van der Waals surface area contributed by atoms with Crippen LogP contribution in [0.2, 0.25) is 18.1 Å². The summed E-state index contributed by atoms with van der Waals surface area (Å²) in [6.07, 6.45) is 10.0. The lowest BCUT2D eigenvalue weighted by molar-refractivity contribution is -0.148. The number of hydrogen-bond acceptors (Lipinski definition) is 3. The average molecular weight is 596 g/mol. The zero-order chi connectivity index (χ0) is 27.2. The van der Waals surface area contributed by atoms with Crippen LogP contribution in [-0.2, 0) is 26.8 Å². The van der Waals surface area contributed by atoms with Gasteiger partial charge in [0, 0.05) is 30.7 Å². The summed E-state index contributed by atoms with van der Waals surface area (Å²) >= 11 is 3.48. The molecule has 6 heteroatoms. The van der Waals surface area contributed by atoms with Crippen LogP contribution in [0.3, 0.4) is 0 Å². The van der Waals surface area contributed by atoms with Crippen LogP contribution in [0.15, 0.2) is 36.4 Å². The molecule has 1 saturated carbocycles. The fourth-order valence-electron chi connectivity index (χ4n) is 5.91. The second-order valence-corrected chi connectivity index (χ2v) is 18.2. The van der Waals surface area contributed by atoms with Crippen LogP contribution in [0, 0.1) is 17.8 Å². The van der Waals surface area contributed by atoms with Crippen molar-refractivity contribution in [3.63, 3.8) is 0 Å². The van der Waals surface area contributed by atoms with Gasteiger partial charge in [0.25, 0.3) is 0 Å². The highest BCUT2D eigenvalue weighted by molar-refractivity contribution is 9.09. The number of halogens is 2. The van der Waals surface area contributed by atoms with Gasteiger partial charge in [-0.25, -0.2) is 4.39 Å². The van der Waals surface area contributed by atoms with Gasteiger partial charge in [-0.2, -0.15) is 0 Å². The minimum Gasteiger partial charge on any atom is -0.462 e. The van der Waals surface area contributed by atoms with Crippen molar-refractivity contribution in [3.05, 3.63) is 47.5 Å². The summed E-state index contributed by atoms with van der Waals surface area (Å²) in [5.74, 6) is 0.0275. The Balaban J connectivity index is 1.76. The largest absolute Gasteiger partial charge is 0.462 e. The molecule has 1 aromatic rings. The van der Waals surface area contributed by atoms with Crippen molar-refractivity contribution in [2.24, 2.45) is 17.8 Å². The van der Waals surface area contributed by atoms with Crippen molar-refractivity contribution < 1.29 is 18.3 Å².